The summed E-state index contributed by atoms with van der Waals surface area (Å²) in [7, 11) is 0. The number of aryl methyl sites for hydroxylation is 2. The fourth-order valence-electron chi connectivity index (χ4n) is 1.91. The fraction of sp³-hybridized carbons (Fsp3) is 0.200. The minimum Gasteiger partial charge on any atom is -0.261 e. The van der Waals surface area contributed by atoms with Crippen LogP contribution in [-0.4, -0.2) is 4.98 Å². The number of aromatic nitrogens is 1. The van der Waals surface area contributed by atoms with Crippen molar-refractivity contribution in [2.24, 2.45) is 0 Å². The maximum atomic E-state index is 6.07. The van der Waals surface area contributed by atoms with Gasteiger partial charge in [-0.25, -0.2) is 0 Å². The lowest BCUT2D eigenvalue weighted by atomic mass is 9.97. The van der Waals surface area contributed by atoms with E-state index in [1.54, 1.807) is 0 Å². The average Bonchev–Trinajstić information content (AvgIpc) is 2.27. The van der Waals surface area contributed by atoms with E-state index in [4.69, 9.17) is 6.92 Å². The molecule has 1 heterocycles. The molecule has 0 fully saturated rings. The van der Waals surface area contributed by atoms with Crippen LogP contribution in [0.1, 0.15) is 27.9 Å². The van der Waals surface area contributed by atoms with Crippen molar-refractivity contribution in [3.8, 4) is 0 Å². The Morgan fingerprint density at radius 3 is 2.69 bits per heavy atom. The van der Waals surface area contributed by atoms with Crippen molar-refractivity contribution in [3.63, 3.8) is 0 Å². The van der Waals surface area contributed by atoms with Gasteiger partial charge < -0.3 is 0 Å². The lowest BCUT2D eigenvalue weighted by Crippen LogP contribution is -1.97. The van der Waals surface area contributed by atoms with Crippen LogP contribution in [0.5, 0.6) is 0 Å². The standard InChI is InChI=1S/C15H15N/c1-11-8-12(2)13(3)14(9-11)10-15-6-4-5-7-16-15/h3-9H,10H2,1-2H3. The van der Waals surface area contributed by atoms with E-state index < -0.39 is 0 Å². The fourth-order valence-corrected chi connectivity index (χ4v) is 1.91. The first kappa shape index (κ1) is 10.9. The molecule has 0 amide bonds. The quantitative estimate of drug-likeness (QED) is 0.739. The van der Waals surface area contributed by atoms with Gasteiger partial charge in [-0.1, -0.05) is 23.8 Å². The van der Waals surface area contributed by atoms with Gasteiger partial charge in [-0.2, -0.15) is 0 Å². The van der Waals surface area contributed by atoms with Gasteiger partial charge in [0.2, 0.25) is 0 Å². The van der Waals surface area contributed by atoms with Gasteiger partial charge in [0.1, 0.15) is 0 Å². The summed E-state index contributed by atoms with van der Waals surface area (Å²) in [5, 5.41) is 0. The first-order valence-corrected chi connectivity index (χ1v) is 5.42. The monoisotopic (exact) mass is 209 g/mol. The SMILES string of the molecule is [CH]c1c(C)cc(C)cc1Cc1ccccn1. The highest BCUT2D eigenvalue weighted by atomic mass is 14.7. The molecule has 0 spiro atoms. The average molecular weight is 209 g/mol. The third-order valence-corrected chi connectivity index (χ3v) is 2.71. The number of rotatable bonds is 2. The molecule has 1 aromatic carbocycles. The zero-order chi connectivity index (χ0) is 11.5. The molecular formula is C15H15N. The smallest absolute Gasteiger partial charge is 0.0447 e. The van der Waals surface area contributed by atoms with Crippen LogP contribution < -0.4 is 0 Å². The Morgan fingerprint density at radius 2 is 2.00 bits per heavy atom. The highest BCUT2D eigenvalue weighted by molar-refractivity contribution is 5.41. The summed E-state index contributed by atoms with van der Waals surface area (Å²) in [6.07, 6.45) is 2.61. The van der Waals surface area contributed by atoms with Crippen molar-refractivity contribution in [3.05, 3.63) is 71.4 Å². The van der Waals surface area contributed by atoms with Crippen LogP contribution in [0.4, 0.5) is 0 Å². The Bertz CT molecular complexity index is 486. The Balaban J connectivity index is 2.35. The summed E-state index contributed by atoms with van der Waals surface area (Å²) in [6.45, 7) is 10.2. The largest absolute Gasteiger partial charge is 0.261 e. The molecule has 0 unspecified atom stereocenters. The van der Waals surface area contributed by atoms with Crippen LogP contribution in [0.15, 0.2) is 36.5 Å². The van der Waals surface area contributed by atoms with Crippen molar-refractivity contribution in [1.82, 2.24) is 4.98 Å². The third kappa shape index (κ3) is 2.30. The summed E-state index contributed by atoms with van der Waals surface area (Å²) in [4.78, 5) is 4.32. The van der Waals surface area contributed by atoms with Crippen LogP contribution in [0.3, 0.4) is 0 Å². The van der Waals surface area contributed by atoms with Gasteiger partial charge in [-0.15, -0.1) is 0 Å². The summed E-state index contributed by atoms with van der Waals surface area (Å²) in [6, 6.07) is 10.2. The van der Waals surface area contributed by atoms with Gasteiger partial charge in [0.25, 0.3) is 0 Å². The summed E-state index contributed by atoms with van der Waals surface area (Å²) >= 11 is 0. The Hall–Kier alpha value is -1.63. The first-order valence-electron chi connectivity index (χ1n) is 5.42. The molecule has 2 radical (unpaired) electrons. The van der Waals surface area contributed by atoms with Crippen molar-refractivity contribution >= 4 is 0 Å². The zero-order valence-electron chi connectivity index (χ0n) is 9.70. The van der Waals surface area contributed by atoms with Gasteiger partial charge in [-0.3, -0.25) is 4.98 Å². The maximum Gasteiger partial charge on any atom is 0.0447 e. The maximum absolute atomic E-state index is 6.07. The first-order chi connectivity index (χ1) is 7.66. The number of hydrogen-bond acceptors (Lipinski definition) is 1. The highest BCUT2D eigenvalue weighted by Crippen LogP contribution is 2.18. The van der Waals surface area contributed by atoms with E-state index in [1.165, 1.54) is 5.56 Å². The normalized spacial score (nSPS) is 10.4. The predicted molar refractivity (Wildman–Crippen MR) is 66.4 cm³/mol. The number of pyridine rings is 1. The van der Waals surface area contributed by atoms with E-state index in [1.807, 2.05) is 31.3 Å². The molecule has 0 N–H and O–H groups in total. The van der Waals surface area contributed by atoms with E-state index >= 15 is 0 Å². The second kappa shape index (κ2) is 4.48. The molecule has 1 nitrogen and oxygen atoms in total. The molecular weight excluding hydrogens is 194 g/mol. The van der Waals surface area contributed by atoms with Gasteiger partial charge >= 0.3 is 0 Å². The molecule has 0 aliphatic heterocycles. The minimum atomic E-state index is 0.801. The van der Waals surface area contributed by atoms with Crippen LogP contribution in [-0.2, 0) is 6.42 Å². The molecule has 0 saturated heterocycles. The Labute approximate surface area is 97.2 Å². The van der Waals surface area contributed by atoms with Crippen LogP contribution in [0.25, 0.3) is 0 Å². The molecule has 0 bridgehead atoms. The summed E-state index contributed by atoms with van der Waals surface area (Å²) in [5.41, 5.74) is 5.50. The van der Waals surface area contributed by atoms with Crippen molar-refractivity contribution in [1.29, 1.82) is 0 Å². The Morgan fingerprint density at radius 1 is 1.19 bits per heavy atom. The van der Waals surface area contributed by atoms with Gasteiger partial charge in [0.15, 0.2) is 0 Å². The van der Waals surface area contributed by atoms with Gasteiger partial charge in [0.05, 0.1) is 0 Å². The second-order valence-electron chi connectivity index (χ2n) is 4.15. The van der Waals surface area contributed by atoms with Gasteiger partial charge in [-0.05, 0) is 49.6 Å². The molecule has 0 aliphatic rings. The van der Waals surface area contributed by atoms with Gasteiger partial charge in [0, 0.05) is 18.3 Å². The van der Waals surface area contributed by atoms with Crippen LogP contribution >= 0.6 is 0 Å². The molecule has 0 atom stereocenters. The molecule has 0 saturated carbocycles. The molecule has 80 valence electrons. The molecule has 1 heteroatoms. The van der Waals surface area contributed by atoms with E-state index in [-0.39, 0.29) is 0 Å². The lowest BCUT2D eigenvalue weighted by molar-refractivity contribution is 1.06. The zero-order valence-corrected chi connectivity index (χ0v) is 9.70. The van der Waals surface area contributed by atoms with Crippen molar-refractivity contribution in [2.45, 2.75) is 20.3 Å². The molecule has 16 heavy (non-hydrogen) atoms. The minimum absolute atomic E-state index is 0.801. The molecule has 0 aliphatic carbocycles. The van der Waals surface area contributed by atoms with E-state index in [0.29, 0.717) is 0 Å². The molecule has 2 aromatic rings. The number of hydrogen-bond donors (Lipinski definition) is 0. The van der Waals surface area contributed by atoms with E-state index in [9.17, 15) is 0 Å². The number of nitrogens with zero attached hydrogens (tertiary/aromatic N) is 1. The molecule has 1 aromatic heterocycles. The highest BCUT2D eigenvalue weighted by Gasteiger charge is 2.04. The Kier molecular flexibility index (Phi) is 3.04. The summed E-state index contributed by atoms with van der Waals surface area (Å²) < 4.78 is 0. The number of benzene rings is 1. The van der Waals surface area contributed by atoms with E-state index in [2.05, 4.69) is 24.0 Å². The van der Waals surface area contributed by atoms with Crippen molar-refractivity contribution < 1.29 is 0 Å². The predicted octanol–water partition coefficient (Wildman–Crippen LogP) is 3.35. The van der Waals surface area contributed by atoms with Crippen LogP contribution in [0, 0.1) is 20.8 Å². The van der Waals surface area contributed by atoms with E-state index in [0.717, 1.165) is 28.8 Å². The lowest BCUT2D eigenvalue weighted by Gasteiger charge is -2.09. The van der Waals surface area contributed by atoms with Crippen LogP contribution in [0.2, 0.25) is 0 Å². The topological polar surface area (TPSA) is 12.9 Å². The molecule has 2 rings (SSSR count). The summed E-state index contributed by atoms with van der Waals surface area (Å²) in [5.74, 6) is 0. The van der Waals surface area contributed by atoms with Crippen molar-refractivity contribution in [2.75, 3.05) is 0 Å². The second-order valence-corrected chi connectivity index (χ2v) is 4.15. The third-order valence-electron chi connectivity index (χ3n) is 2.71.